The molecule has 1 saturated heterocycles. The highest BCUT2D eigenvalue weighted by Crippen LogP contribution is 2.33. The van der Waals surface area contributed by atoms with E-state index in [-0.39, 0.29) is 24.0 Å². The Morgan fingerprint density at radius 1 is 1.07 bits per heavy atom. The zero-order valence-electron chi connectivity index (χ0n) is 23.1. The maximum Gasteiger partial charge on any atom is 0.491 e. The van der Waals surface area contributed by atoms with Gasteiger partial charge in [0.05, 0.1) is 5.52 Å². The Morgan fingerprint density at radius 3 is 2.39 bits per heavy atom. The van der Waals surface area contributed by atoms with Crippen LogP contribution in [0.3, 0.4) is 0 Å². The number of fused-ring (bicyclic) bond motifs is 1. The first-order valence-corrected chi connectivity index (χ1v) is 13.8. The number of nitrogens with zero attached hydrogens (tertiary/aromatic N) is 2. The molecule has 3 aromatic rings. The predicted molar refractivity (Wildman–Crippen MR) is 147 cm³/mol. The maximum absolute atomic E-state index is 13.1. The Bertz CT molecular complexity index is 1360. The molecule has 1 aliphatic heterocycles. The van der Waals surface area contributed by atoms with Crippen molar-refractivity contribution in [3.05, 3.63) is 52.8 Å². The van der Waals surface area contributed by atoms with Crippen LogP contribution >= 0.6 is 11.6 Å². The number of nitrogens with one attached hydrogen (secondary N) is 1. The monoisotopic (exact) mass is 595 g/mol. The normalized spacial score (nSPS) is 14.8. The van der Waals surface area contributed by atoms with Crippen LogP contribution in [0.15, 0.2) is 36.4 Å². The third-order valence-electron chi connectivity index (χ3n) is 6.68. The molecule has 2 heterocycles. The second kappa shape index (κ2) is 12.6. The van der Waals surface area contributed by atoms with Crippen LogP contribution in [0.25, 0.3) is 11.0 Å². The van der Waals surface area contributed by atoms with Crippen LogP contribution in [-0.4, -0.2) is 51.8 Å². The van der Waals surface area contributed by atoms with Crippen molar-refractivity contribution in [1.29, 1.82) is 0 Å². The van der Waals surface area contributed by atoms with Crippen molar-refractivity contribution in [2.24, 2.45) is 5.92 Å². The fourth-order valence-corrected chi connectivity index (χ4v) is 4.79. The molecule has 41 heavy (non-hydrogen) atoms. The van der Waals surface area contributed by atoms with Gasteiger partial charge in [-0.15, -0.1) is 0 Å². The summed E-state index contributed by atoms with van der Waals surface area (Å²) in [6, 6.07) is 10.0. The number of carbonyl (C=O) groups excluding carboxylic acids is 2. The number of imidazole rings is 1. The van der Waals surface area contributed by atoms with Crippen LogP contribution in [0, 0.1) is 5.92 Å². The van der Waals surface area contributed by atoms with E-state index in [2.05, 4.69) is 9.97 Å². The molecule has 4 rings (SSSR count). The number of H-pyrrole nitrogens is 1. The number of rotatable bonds is 8. The summed E-state index contributed by atoms with van der Waals surface area (Å²) in [5.74, 6) is -1.26. The Balaban J connectivity index is 1.42. The summed E-state index contributed by atoms with van der Waals surface area (Å²) in [5.41, 5.74) is 0.447. The van der Waals surface area contributed by atoms with Crippen LogP contribution in [-0.2, 0) is 22.6 Å². The van der Waals surface area contributed by atoms with Gasteiger partial charge in [-0.25, -0.2) is 14.6 Å². The highest BCUT2D eigenvalue weighted by atomic mass is 35.5. The van der Waals surface area contributed by atoms with Crippen LogP contribution in [0.1, 0.15) is 57.8 Å². The number of likely N-dealkylation sites (tertiary alicyclic amines) is 1. The summed E-state index contributed by atoms with van der Waals surface area (Å²) in [6.45, 7) is 6.68. The first kappa shape index (κ1) is 30.5. The molecule has 0 spiro atoms. The minimum atomic E-state index is -5.15. The van der Waals surface area contributed by atoms with E-state index in [4.69, 9.17) is 25.8 Å². The zero-order valence-corrected chi connectivity index (χ0v) is 23.9. The summed E-state index contributed by atoms with van der Waals surface area (Å²) >= 11 is 5.89. The molecule has 1 aliphatic rings. The van der Waals surface area contributed by atoms with Crippen molar-refractivity contribution in [3.8, 4) is 11.5 Å². The lowest BCUT2D eigenvalue weighted by Gasteiger charge is -2.33. The average Bonchev–Trinajstić information content (AvgIpc) is 3.32. The molecule has 12 heteroatoms. The van der Waals surface area contributed by atoms with Gasteiger partial charge in [0.2, 0.25) is 0 Å². The third kappa shape index (κ3) is 8.51. The minimum absolute atomic E-state index is 0.0142. The Hall–Kier alpha value is -3.47. The number of aromatic amines is 1. The molecule has 2 aromatic carbocycles. The van der Waals surface area contributed by atoms with Gasteiger partial charge in [-0.2, -0.15) is 13.2 Å². The molecule has 0 aliphatic carbocycles. The summed E-state index contributed by atoms with van der Waals surface area (Å²) in [4.78, 5) is 33.2. The van der Waals surface area contributed by atoms with Gasteiger partial charge in [-0.3, -0.25) is 0 Å². The second-order valence-corrected chi connectivity index (χ2v) is 11.5. The first-order chi connectivity index (χ1) is 19.3. The topological polar surface area (TPSA) is 93.8 Å². The van der Waals surface area contributed by atoms with Gasteiger partial charge in [0, 0.05) is 18.1 Å². The van der Waals surface area contributed by atoms with Crippen molar-refractivity contribution in [1.82, 2.24) is 14.9 Å². The molecule has 0 saturated carbocycles. The van der Waals surface area contributed by atoms with Crippen LogP contribution < -0.4 is 9.47 Å². The van der Waals surface area contributed by atoms with E-state index < -0.39 is 17.7 Å². The SMILES string of the molecule is CC(C)(C)OC(=O)N1CCC(CCCc2ccc3[nH]c(COc4ccc(Cl)cc4)nc3c2OC(=O)C(F)(F)F)CC1. The maximum atomic E-state index is 13.1. The number of aryl methyl sites for hydroxylation is 1. The van der Waals surface area contributed by atoms with Gasteiger partial charge in [-0.05, 0) is 94.7 Å². The van der Waals surface area contributed by atoms with E-state index in [1.54, 1.807) is 41.3 Å². The van der Waals surface area contributed by atoms with Crippen LogP contribution in [0.5, 0.6) is 11.5 Å². The smallest absolute Gasteiger partial charge is 0.486 e. The molecule has 222 valence electrons. The number of carbonyl (C=O) groups is 2. The number of alkyl halides is 3. The van der Waals surface area contributed by atoms with E-state index in [1.165, 1.54) is 0 Å². The molecule has 0 radical (unpaired) electrons. The lowest BCUT2D eigenvalue weighted by atomic mass is 9.90. The summed E-state index contributed by atoms with van der Waals surface area (Å²) in [7, 11) is 0. The van der Waals surface area contributed by atoms with Crippen molar-refractivity contribution in [2.75, 3.05) is 13.1 Å². The largest absolute Gasteiger partial charge is 0.491 e. The quantitative estimate of drug-likeness (QED) is 0.218. The molecule has 0 bridgehead atoms. The fourth-order valence-electron chi connectivity index (χ4n) is 4.67. The van der Waals surface area contributed by atoms with Gasteiger partial charge in [-0.1, -0.05) is 17.7 Å². The minimum Gasteiger partial charge on any atom is -0.486 e. The number of benzene rings is 2. The number of hydrogen-bond donors (Lipinski definition) is 1. The number of amides is 1. The lowest BCUT2D eigenvalue weighted by Crippen LogP contribution is -2.41. The van der Waals surface area contributed by atoms with Gasteiger partial charge in [0.25, 0.3) is 0 Å². The van der Waals surface area contributed by atoms with Gasteiger partial charge >= 0.3 is 18.2 Å². The molecule has 0 atom stereocenters. The molecule has 1 amide bonds. The summed E-state index contributed by atoms with van der Waals surface area (Å²) < 4.78 is 55.3. The van der Waals surface area contributed by atoms with Crippen molar-refractivity contribution in [2.45, 2.75) is 71.3 Å². The Kier molecular flexibility index (Phi) is 9.36. The highest BCUT2D eigenvalue weighted by molar-refractivity contribution is 6.30. The number of aromatic nitrogens is 2. The summed E-state index contributed by atoms with van der Waals surface area (Å²) in [6.07, 6.45) is -1.99. The molecular weight excluding hydrogens is 563 g/mol. The predicted octanol–water partition coefficient (Wildman–Crippen LogP) is 7.23. The van der Waals surface area contributed by atoms with Crippen molar-refractivity contribution in [3.63, 3.8) is 0 Å². The lowest BCUT2D eigenvalue weighted by molar-refractivity contribution is -0.189. The van der Waals surface area contributed by atoms with Crippen LogP contribution in [0.4, 0.5) is 18.0 Å². The molecule has 1 fully saturated rings. The van der Waals surface area contributed by atoms with E-state index >= 15 is 0 Å². The van der Waals surface area contributed by atoms with Crippen LogP contribution in [0.2, 0.25) is 5.02 Å². The van der Waals surface area contributed by atoms with Crippen molar-refractivity contribution < 1.29 is 37.0 Å². The fraction of sp³-hybridized carbons (Fsp3) is 0.483. The Labute approximate surface area is 241 Å². The third-order valence-corrected chi connectivity index (χ3v) is 6.93. The molecule has 1 N–H and O–H groups in total. The van der Waals surface area contributed by atoms with Gasteiger partial charge < -0.3 is 24.1 Å². The van der Waals surface area contributed by atoms with E-state index in [1.807, 2.05) is 20.8 Å². The number of piperidine rings is 1. The highest BCUT2D eigenvalue weighted by Gasteiger charge is 2.42. The van der Waals surface area contributed by atoms with Gasteiger partial charge in [0.15, 0.2) is 5.75 Å². The standard InChI is InChI=1S/C29H33ClF3N3O5/c1-28(2,3)41-27(38)36-15-13-18(14-16-36)5-4-6-19-7-12-22-24(25(19)40-26(37)29(31,32)33)35-23(34-22)17-39-21-10-8-20(30)9-11-21/h7-12,18H,4-6,13-17H2,1-3H3,(H,34,35). The molecule has 1 aromatic heterocycles. The first-order valence-electron chi connectivity index (χ1n) is 13.4. The zero-order chi connectivity index (χ0) is 29.8. The van der Waals surface area contributed by atoms with Gasteiger partial charge in [0.1, 0.15) is 29.3 Å². The molecule has 0 unspecified atom stereocenters. The van der Waals surface area contributed by atoms with E-state index in [0.29, 0.717) is 59.5 Å². The van der Waals surface area contributed by atoms with E-state index in [9.17, 15) is 22.8 Å². The Morgan fingerprint density at radius 2 is 1.76 bits per heavy atom. The molecular formula is C29H33ClF3N3O5. The number of halogens is 4. The summed E-state index contributed by atoms with van der Waals surface area (Å²) in [5, 5.41) is 0.552. The van der Waals surface area contributed by atoms with E-state index in [0.717, 1.165) is 19.3 Å². The van der Waals surface area contributed by atoms with Crippen molar-refractivity contribution >= 4 is 34.7 Å². The number of ether oxygens (including phenoxy) is 3. The average molecular weight is 596 g/mol. The molecule has 8 nitrogen and oxygen atoms in total. The second-order valence-electron chi connectivity index (χ2n) is 11.1. The number of hydrogen-bond acceptors (Lipinski definition) is 6. The number of esters is 1.